The van der Waals surface area contributed by atoms with Crippen LogP contribution < -0.4 is 4.90 Å². The van der Waals surface area contributed by atoms with Crippen LogP contribution in [0.4, 0.5) is 10.1 Å². The molecule has 0 aromatic heterocycles. The van der Waals surface area contributed by atoms with Crippen molar-refractivity contribution in [2.75, 3.05) is 24.6 Å². The first-order chi connectivity index (χ1) is 10.1. The number of benzene rings is 1. The number of nitrogens with zero attached hydrogens (tertiary/aromatic N) is 2. The molecule has 21 heavy (non-hydrogen) atoms. The average molecular weight is 355 g/mol. The second kappa shape index (κ2) is 6.90. The molecule has 0 spiro atoms. The SMILES string of the molecule is CCOC(=O)C1CCCN(c2ccc(C#N)c(Br)c2F)C1. The number of ether oxygens (including phenoxy) is 1. The van der Waals surface area contributed by atoms with Gasteiger partial charge in [-0.3, -0.25) is 4.79 Å². The quantitative estimate of drug-likeness (QED) is 0.782. The lowest BCUT2D eigenvalue weighted by Crippen LogP contribution is -2.39. The zero-order chi connectivity index (χ0) is 15.4. The van der Waals surface area contributed by atoms with E-state index >= 15 is 0 Å². The Balaban J connectivity index is 2.21. The van der Waals surface area contributed by atoms with Crippen molar-refractivity contribution >= 4 is 27.6 Å². The molecule has 1 aliphatic rings. The molecule has 1 saturated heterocycles. The maximum absolute atomic E-state index is 14.4. The fourth-order valence-corrected chi connectivity index (χ4v) is 2.94. The Morgan fingerprint density at radius 3 is 3.05 bits per heavy atom. The molecule has 1 unspecified atom stereocenters. The predicted molar refractivity (Wildman–Crippen MR) is 80.4 cm³/mol. The lowest BCUT2D eigenvalue weighted by molar-refractivity contribution is -0.148. The molecule has 2 rings (SSSR count). The van der Waals surface area contributed by atoms with E-state index in [1.807, 2.05) is 11.0 Å². The Morgan fingerprint density at radius 2 is 2.38 bits per heavy atom. The lowest BCUT2D eigenvalue weighted by atomic mass is 9.97. The summed E-state index contributed by atoms with van der Waals surface area (Å²) in [7, 11) is 0. The summed E-state index contributed by atoms with van der Waals surface area (Å²) in [5.74, 6) is -0.915. The van der Waals surface area contributed by atoms with Gasteiger partial charge in [0, 0.05) is 13.1 Å². The van der Waals surface area contributed by atoms with Crippen molar-refractivity contribution in [3.05, 3.63) is 28.0 Å². The summed E-state index contributed by atoms with van der Waals surface area (Å²) < 4.78 is 19.6. The van der Waals surface area contributed by atoms with Gasteiger partial charge in [-0.25, -0.2) is 4.39 Å². The Labute approximate surface area is 131 Å². The number of carbonyl (C=O) groups excluding carboxylic acids is 1. The first kappa shape index (κ1) is 15.8. The van der Waals surface area contributed by atoms with Gasteiger partial charge in [0.15, 0.2) is 5.82 Å². The first-order valence-electron chi connectivity index (χ1n) is 6.88. The number of esters is 1. The minimum absolute atomic E-state index is 0.167. The minimum atomic E-state index is -0.460. The summed E-state index contributed by atoms with van der Waals surface area (Å²) in [4.78, 5) is 13.7. The van der Waals surface area contributed by atoms with Gasteiger partial charge in [-0.15, -0.1) is 0 Å². The highest BCUT2D eigenvalue weighted by Crippen LogP contribution is 2.32. The van der Waals surface area contributed by atoms with Crippen LogP contribution in [0.3, 0.4) is 0 Å². The molecule has 1 aromatic carbocycles. The third-order valence-corrected chi connectivity index (χ3v) is 4.34. The smallest absolute Gasteiger partial charge is 0.310 e. The van der Waals surface area contributed by atoms with Crippen molar-refractivity contribution in [3.63, 3.8) is 0 Å². The molecule has 0 N–H and O–H groups in total. The Hall–Kier alpha value is -1.61. The molecule has 1 atom stereocenters. The summed E-state index contributed by atoms with van der Waals surface area (Å²) in [6, 6.07) is 5.10. The fraction of sp³-hybridized carbons (Fsp3) is 0.467. The van der Waals surface area contributed by atoms with E-state index < -0.39 is 5.82 Å². The number of nitriles is 1. The van der Waals surface area contributed by atoms with Crippen molar-refractivity contribution < 1.29 is 13.9 Å². The molecule has 1 aliphatic heterocycles. The van der Waals surface area contributed by atoms with Crippen LogP contribution >= 0.6 is 15.9 Å². The maximum Gasteiger partial charge on any atom is 0.310 e. The van der Waals surface area contributed by atoms with E-state index in [0.29, 0.717) is 25.4 Å². The van der Waals surface area contributed by atoms with Crippen LogP contribution in [-0.4, -0.2) is 25.7 Å². The number of hydrogen-bond acceptors (Lipinski definition) is 4. The number of anilines is 1. The molecule has 4 nitrogen and oxygen atoms in total. The zero-order valence-electron chi connectivity index (χ0n) is 11.7. The van der Waals surface area contributed by atoms with E-state index in [9.17, 15) is 9.18 Å². The van der Waals surface area contributed by atoms with Gasteiger partial charge < -0.3 is 9.64 Å². The Bertz CT molecular complexity index is 586. The van der Waals surface area contributed by atoms with Crippen molar-refractivity contribution in [1.29, 1.82) is 5.26 Å². The summed E-state index contributed by atoms with van der Waals surface area (Å²) in [6.45, 7) is 3.25. The van der Waals surface area contributed by atoms with Crippen molar-refractivity contribution in [3.8, 4) is 6.07 Å². The van der Waals surface area contributed by atoms with Gasteiger partial charge in [-0.1, -0.05) is 0 Å². The number of hydrogen-bond donors (Lipinski definition) is 0. The monoisotopic (exact) mass is 354 g/mol. The van der Waals surface area contributed by atoms with Gasteiger partial charge in [-0.05, 0) is 47.8 Å². The zero-order valence-corrected chi connectivity index (χ0v) is 13.3. The molecule has 0 bridgehead atoms. The third-order valence-electron chi connectivity index (χ3n) is 3.56. The molecule has 0 radical (unpaired) electrons. The number of carbonyl (C=O) groups is 1. The summed E-state index contributed by atoms with van der Waals surface area (Å²) >= 11 is 3.11. The molecule has 1 aromatic rings. The van der Waals surface area contributed by atoms with E-state index in [4.69, 9.17) is 10.00 Å². The largest absolute Gasteiger partial charge is 0.466 e. The van der Waals surface area contributed by atoms with Crippen molar-refractivity contribution in [1.82, 2.24) is 0 Å². The third kappa shape index (κ3) is 3.35. The van der Waals surface area contributed by atoms with Crippen LogP contribution in [0.1, 0.15) is 25.3 Å². The highest BCUT2D eigenvalue weighted by atomic mass is 79.9. The van der Waals surface area contributed by atoms with Crippen LogP contribution in [0.25, 0.3) is 0 Å². The van der Waals surface area contributed by atoms with Crippen LogP contribution in [0, 0.1) is 23.1 Å². The summed E-state index contributed by atoms with van der Waals surface area (Å²) in [5.41, 5.74) is 0.671. The summed E-state index contributed by atoms with van der Waals surface area (Å²) in [5, 5.41) is 8.90. The van der Waals surface area contributed by atoms with Crippen LogP contribution in [0.2, 0.25) is 0 Å². The van der Waals surface area contributed by atoms with Crippen molar-refractivity contribution in [2.24, 2.45) is 5.92 Å². The number of rotatable bonds is 3. The van der Waals surface area contributed by atoms with Gasteiger partial charge in [-0.2, -0.15) is 5.26 Å². The Morgan fingerprint density at radius 1 is 1.62 bits per heavy atom. The molecule has 6 heteroatoms. The first-order valence-corrected chi connectivity index (χ1v) is 7.67. The number of halogens is 2. The highest BCUT2D eigenvalue weighted by molar-refractivity contribution is 9.10. The normalized spacial score (nSPS) is 18.2. The number of piperidine rings is 1. The van der Waals surface area contributed by atoms with Gasteiger partial charge in [0.25, 0.3) is 0 Å². The molecule has 0 aliphatic carbocycles. The standard InChI is InChI=1S/C15H16BrFN2O2/c1-2-21-15(20)11-4-3-7-19(9-11)12-6-5-10(8-18)13(16)14(12)17/h5-6,11H,2-4,7,9H2,1H3. The van der Waals surface area contributed by atoms with E-state index in [1.54, 1.807) is 19.1 Å². The molecular weight excluding hydrogens is 339 g/mol. The molecule has 1 fully saturated rings. The average Bonchev–Trinajstić information content (AvgIpc) is 2.50. The maximum atomic E-state index is 14.4. The van der Waals surface area contributed by atoms with Gasteiger partial charge in [0.05, 0.1) is 28.2 Å². The molecule has 1 heterocycles. The van der Waals surface area contributed by atoms with Gasteiger partial charge in [0.2, 0.25) is 0 Å². The van der Waals surface area contributed by atoms with Crippen LogP contribution in [0.5, 0.6) is 0 Å². The van der Waals surface area contributed by atoms with Crippen LogP contribution in [-0.2, 0) is 9.53 Å². The lowest BCUT2D eigenvalue weighted by Gasteiger charge is -2.33. The van der Waals surface area contributed by atoms with Crippen molar-refractivity contribution in [2.45, 2.75) is 19.8 Å². The minimum Gasteiger partial charge on any atom is -0.466 e. The second-order valence-corrected chi connectivity index (χ2v) is 5.70. The van der Waals surface area contributed by atoms with E-state index in [1.165, 1.54) is 0 Å². The van der Waals surface area contributed by atoms with Gasteiger partial charge in [0.1, 0.15) is 6.07 Å². The second-order valence-electron chi connectivity index (χ2n) is 4.91. The highest BCUT2D eigenvalue weighted by Gasteiger charge is 2.28. The van der Waals surface area contributed by atoms with Gasteiger partial charge >= 0.3 is 5.97 Å². The summed E-state index contributed by atoms with van der Waals surface area (Å²) in [6.07, 6.45) is 1.56. The molecular formula is C15H16BrFN2O2. The van der Waals surface area contributed by atoms with Crippen LogP contribution in [0.15, 0.2) is 16.6 Å². The predicted octanol–water partition coefficient (Wildman–Crippen LogP) is 3.24. The van der Waals surface area contributed by atoms with E-state index in [-0.39, 0.29) is 21.9 Å². The van der Waals surface area contributed by atoms with E-state index in [0.717, 1.165) is 12.8 Å². The molecule has 0 amide bonds. The Kier molecular flexibility index (Phi) is 5.18. The topological polar surface area (TPSA) is 53.3 Å². The van der Waals surface area contributed by atoms with E-state index in [2.05, 4.69) is 15.9 Å². The molecule has 112 valence electrons. The fourth-order valence-electron chi connectivity index (χ4n) is 2.52. The molecule has 0 saturated carbocycles.